The third-order valence-corrected chi connectivity index (χ3v) is 6.76. The topological polar surface area (TPSA) is 59.6 Å². The van der Waals surface area contributed by atoms with Crippen molar-refractivity contribution in [2.24, 2.45) is 0 Å². The monoisotopic (exact) mass is 490 g/mol. The summed E-state index contributed by atoms with van der Waals surface area (Å²) in [5, 5.41) is 7.12. The average molecular weight is 491 g/mol. The molecule has 0 spiro atoms. The fourth-order valence-electron chi connectivity index (χ4n) is 3.17. The Morgan fingerprint density at radius 3 is 2.50 bits per heavy atom. The molecule has 1 amide bonds. The molecule has 3 aromatic rings. The quantitative estimate of drug-likeness (QED) is 0.236. The Morgan fingerprint density at radius 2 is 1.78 bits per heavy atom. The van der Waals surface area contributed by atoms with Gasteiger partial charge in [0.25, 0.3) is 5.91 Å². The maximum atomic E-state index is 12.7. The summed E-state index contributed by atoms with van der Waals surface area (Å²) in [7, 11) is 1.60. The van der Waals surface area contributed by atoms with Gasteiger partial charge in [-0.05, 0) is 61.1 Å². The summed E-state index contributed by atoms with van der Waals surface area (Å²) in [5.74, 6) is 1.17. The molecular weight excluding hydrogens is 464 g/mol. The predicted octanol–water partition coefficient (Wildman–Crippen LogP) is 7.04. The van der Waals surface area contributed by atoms with Gasteiger partial charge in [0.15, 0.2) is 5.11 Å². The Kier molecular flexibility index (Phi) is 9.14. The maximum absolute atomic E-state index is 12.7. The Morgan fingerprint density at radius 1 is 1.06 bits per heavy atom. The normalized spacial score (nSPS) is 10.7. The van der Waals surface area contributed by atoms with Crippen molar-refractivity contribution in [3.05, 3.63) is 52.4 Å². The zero-order valence-electron chi connectivity index (χ0n) is 18.2. The van der Waals surface area contributed by atoms with Crippen molar-refractivity contribution >= 4 is 61.9 Å². The second-order valence-corrected chi connectivity index (χ2v) is 9.14. The van der Waals surface area contributed by atoms with E-state index in [-0.39, 0.29) is 11.0 Å². The molecule has 2 N–H and O–H groups in total. The van der Waals surface area contributed by atoms with Crippen LogP contribution in [0.2, 0.25) is 5.02 Å². The number of hydrogen-bond donors (Lipinski definition) is 2. The average Bonchev–Trinajstić information content (AvgIpc) is 3.13. The fourth-order valence-corrected chi connectivity index (χ4v) is 4.82. The van der Waals surface area contributed by atoms with Gasteiger partial charge in [0.2, 0.25) is 0 Å². The summed E-state index contributed by atoms with van der Waals surface area (Å²) >= 11 is 13.0. The highest BCUT2D eigenvalue weighted by molar-refractivity contribution is 7.80. The van der Waals surface area contributed by atoms with Crippen LogP contribution in [0.3, 0.4) is 0 Å². The SMILES string of the molecule is CCCCCCCOc1ccc(NC(=S)NC(=O)c2sc3cc(OC)ccc3c2Cl)cc1. The predicted molar refractivity (Wildman–Crippen MR) is 138 cm³/mol. The van der Waals surface area contributed by atoms with Gasteiger partial charge in [-0.15, -0.1) is 11.3 Å². The number of halogens is 1. The summed E-state index contributed by atoms with van der Waals surface area (Å²) in [4.78, 5) is 13.1. The number of unbranched alkanes of at least 4 members (excludes halogenated alkanes) is 4. The van der Waals surface area contributed by atoms with Crippen LogP contribution in [0.4, 0.5) is 5.69 Å². The lowest BCUT2D eigenvalue weighted by Crippen LogP contribution is -2.33. The second kappa shape index (κ2) is 12.0. The van der Waals surface area contributed by atoms with E-state index in [2.05, 4.69) is 17.6 Å². The van der Waals surface area contributed by atoms with Crippen LogP contribution in [0.25, 0.3) is 10.1 Å². The molecule has 0 fully saturated rings. The van der Waals surface area contributed by atoms with Crippen molar-refractivity contribution in [2.75, 3.05) is 19.0 Å². The van der Waals surface area contributed by atoms with E-state index in [0.29, 0.717) is 22.3 Å². The number of carbonyl (C=O) groups excluding carboxylic acids is 1. The van der Waals surface area contributed by atoms with Crippen LogP contribution in [0.1, 0.15) is 48.7 Å². The van der Waals surface area contributed by atoms with Gasteiger partial charge in [0, 0.05) is 15.8 Å². The molecule has 1 heterocycles. The maximum Gasteiger partial charge on any atom is 0.269 e. The number of carbonyl (C=O) groups is 1. The van der Waals surface area contributed by atoms with Crippen LogP contribution in [-0.2, 0) is 0 Å². The highest BCUT2D eigenvalue weighted by Gasteiger charge is 2.18. The number of nitrogens with one attached hydrogen (secondary N) is 2. The molecule has 0 atom stereocenters. The minimum absolute atomic E-state index is 0.200. The number of thiophene rings is 1. The second-order valence-electron chi connectivity index (χ2n) is 7.30. The lowest BCUT2D eigenvalue weighted by atomic mass is 10.2. The van der Waals surface area contributed by atoms with Gasteiger partial charge in [0.1, 0.15) is 16.4 Å². The van der Waals surface area contributed by atoms with E-state index < -0.39 is 0 Å². The number of hydrogen-bond acceptors (Lipinski definition) is 5. The number of fused-ring (bicyclic) bond motifs is 1. The molecule has 5 nitrogen and oxygen atoms in total. The zero-order valence-corrected chi connectivity index (χ0v) is 20.6. The number of methoxy groups -OCH3 is 1. The van der Waals surface area contributed by atoms with Gasteiger partial charge in [-0.2, -0.15) is 0 Å². The van der Waals surface area contributed by atoms with E-state index in [1.807, 2.05) is 42.5 Å². The van der Waals surface area contributed by atoms with Gasteiger partial charge in [-0.1, -0.05) is 44.2 Å². The first-order valence-electron chi connectivity index (χ1n) is 10.6. The third-order valence-electron chi connectivity index (χ3n) is 4.90. The van der Waals surface area contributed by atoms with Crippen molar-refractivity contribution < 1.29 is 14.3 Å². The van der Waals surface area contributed by atoms with Crippen LogP contribution in [0.5, 0.6) is 11.5 Å². The molecule has 3 rings (SSSR count). The van der Waals surface area contributed by atoms with Crippen molar-refractivity contribution in [2.45, 2.75) is 39.0 Å². The van der Waals surface area contributed by atoms with E-state index in [0.717, 1.165) is 27.9 Å². The number of amides is 1. The van der Waals surface area contributed by atoms with Crippen LogP contribution < -0.4 is 20.1 Å². The summed E-state index contributed by atoms with van der Waals surface area (Å²) in [6.45, 7) is 2.92. The third kappa shape index (κ3) is 6.58. The Bertz CT molecular complexity index is 1070. The number of anilines is 1. The molecule has 32 heavy (non-hydrogen) atoms. The molecule has 0 saturated carbocycles. The first-order valence-corrected chi connectivity index (χ1v) is 12.2. The summed E-state index contributed by atoms with van der Waals surface area (Å²) in [5.41, 5.74) is 0.762. The van der Waals surface area contributed by atoms with Crippen LogP contribution >= 0.6 is 35.2 Å². The molecule has 0 aliphatic rings. The first kappa shape index (κ1) is 24.3. The summed E-state index contributed by atoms with van der Waals surface area (Å²) in [6, 6.07) is 13.0. The van der Waals surface area contributed by atoms with E-state index in [4.69, 9.17) is 33.3 Å². The van der Waals surface area contributed by atoms with Gasteiger partial charge >= 0.3 is 0 Å². The van der Waals surface area contributed by atoms with E-state index in [9.17, 15) is 4.79 Å². The van der Waals surface area contributed by atoms with Crippen LogP contribution in [-0.4, -0.2) is 24.7 Å². The van der Waals surface area contributed by atoms with Gasteiger partial charge < -0.3 is 14.8 Å². The molecule has 170 valence electrons. The minimum Gasteiger partial charge on any atom is -0.497 e. The lowest BCUT2D eigenvalue weighted by molar-refractivity contribution is 0.0982. The van der Waals surface area contributed by atoms with Crippen molar-refractivity contribution in [3.8, 4) is 11.5 Å². The lowest BCUT2D eigenvalue weighted by Gasteiger charge is -2.10. The molecule has 0 saturated heterocycles. The van der Waals surface area contributed by atoms with E-state index in [1.165, 1.54) is 37.0 Å². The molecule has 0 unspecified atom stereocenters. The Balaban J connectivity index is 1.51. The molecule has 2 aromatic carbocycles. The first-order chi connectivity index (χ1) is 15.5. The Labute approximate surface area is 203 Å². The van der Waals surface area contributed by atoms with Crippen molar-refractivity contribution in [1.29, 1.82) is 0 Å². The molecular formula is C24H27ClN2O3S2. The summed E-state index contributed by atoms with van der Waals surface area (Å²) in [6.07, 6.45) is 6.03. The number of thiocarbonyl (C=S) groups is 1. The van der Waals surface area contributed by atoms with Gasteiger partial charge in [0.05, 0.1) is 18.7 Å². The molecule has 0 bridgehead atoms. The molecule has 1 aromatic heterocycles. The van der Waals surface area contributed by atoms with Gasteiger partial charge in [-0.3, -0.25) is 10.1 Å². The van der Waals surface area contributed by atoms with Crippen LogP contribution in [0.15, 0.2) is 42.5 Å². The van der Waals surface area contributed by atoms with Crippen molar-refractivity contribution in [1.82, 2.24) is 5.32 Å². The van der Waals surface area contributed by atoms with E-state index >= 15 is 0 Å². The standard InChI is InChI=1S/C24H27ClN2O3S2/c1-3-4-5-6-7-14-30-17-10-8-16(9-11-17)26-24(31)27-23(28)22-21(25)19-13-12-18(29-2)15-20(19)32-22/h8-13,15H,3-7,14H2,1-2H3,(H2,26,27,28,31). The Hall–Kier alpha value is -2.35. The summed E-state index contributed by atoms with van der Waals surface area (Å²) < 4.78 is 11.9. The molecule has 0 aliphatic heterocycles. The molecule has 0 radical (unpaired) electrons. The molecule has 0 aliphatic carbocycles. The number of ether oxygens (including phenoxy) is 2. The van der Waals surface area contributed by atoms with Crippen molar-refractivity contribution in [3.63, 3.8) is 0 Å². The number of benzene rings is 2. The highest BCUT2D eigenvalue weighted by atomic mass is 35.5. The fraction of sp³-hybridized carbons (Fsp3) is 0.333. The van der Waals surface area contributed by atoms with E-state index in [1.54, 1.807) is 7.11 Å². The number of rotatable bonds is 10. The van der Waals surface area contributed by atoms with Gasteiger partial charge in [-0.25, -0.2) is 0 Å². The zero-order chi connectivity index (χ0) is 22.9. The van der Waals surface area contributed by atoms with Crippen LogP contribution in [0, 0.1) is 0 Å². The molecule has 8 heteroatoms. The largest absolute Gasteiger partial charge is 0.497 e. The minimum atomic E-state index is -0.351. The smallest absolute Gasteiger partial charge is 0.269 e. The highest BCUT2D eigenvalue weighted by Crippen LogP contribution is 2.37.